The number of likely N-dealkylation sites (N-methyl/N-ethyl adjacent to an activating group) is 2. The maximum absolute atomic E-state index is 16.8. The van der Waals surface area contributed by atoms with E-state index in [-0.39, 0.29) is 58.2 Å². The number of nitrogens with one attached hydrogen (secondary N) is 1. The number of phenolic OH excluding ortho intramolecular Hbond substituents is 1. The lowest BCUT2D eigenvalue weighted by Crippen LogP contribution is -2.48. The van der Waals surface area contributed by atoms with E-state index in [2.05, 4.69) is 48.9 Å². The standard InChI is InChI=1S/C35H42F2N6O2.C20H24N4O5/c1-4-25-28(36)8-7-23-16-24(44)17-26(29(23)25)31-30(37)32-27(18-38-31)33(43-11-5-6-22(2)19-43)40-34(39-32)45-21-35(9-10-35)20-42-14-12-41(3)13-15-42;1-21-18(27)17(3-2-11-25)24-19(28)15-5-4-14(13-16(15)20(24)29)23-8-6-22(7-9-23)10-12-26/h7-8,16-18,22,44H,4-6,9-15,19-21H2,1-3H3;4-5,11-13,17H,2-3,6-10H2,1H3,(H,21,27)/t22-;/m0./s1. The molecule has 0 spiro atoms. The molecule has 1 aliphatic carbocycles. The van der Waals surface area contributed by atoms with E-state index >= 15 is 4.39 Å². The Balaban J connectivity index is 0.000000201. The number of phenols is 1. The number of halogens is 2. The van der Waals surface area contributed by atoms with Gasteiger partial charge in [-0.25, -0.2) is 8.78 Å². The van der Waals surface area contributed by atoms with Gasteiger partial charge in [-0.3, -0.25) is 29.2 Å². The molecule has 3 amide bonds. The van der Waals surface area contributed by atoms with Gasteiger partial charge in [0.25, 0.3) is 11.8 Å². The van der Waals surface area contributed by atoms with Crippen LogP contribution in [0.25, 0.3) is 32.9 Å². The van der Waals surface area contributed by atoms with Gasteiger partial charge in [-0.15, -0.1) is 0 Å². The van der Waals surface area contributed by atoms with Gasteiger partial charge in [-0.2, -0.15) is 9.97 Å². The summed E-state index contributed by atoms with van der Waals surface area (Å²) in [6.07, 6.45) is 8.06. The third-order valence-electron chi connectivity index (χ3n) is 15.4. The molecule has 6 heterocycles. The van der Waals surface area contributed by atoms with Crippen LogP contribution in [0.3, 0.4) is 0 Å². The number of ether oxygens (including phenoxy) is 1. The molecule has 3 aromatic carbocycles. The van der Waals surface area contributed by atoms with Crippen molar-refractivity contribution in [2.24, 2.45) is 11.3 Å². The van der Waals surface area contributed by atoms with Crippen molar-refractivity contribution in [2.45, 2.75) is 64.8 Å². The first kappa shape index (κ1) is 52.2. The van der Waals surface area contributed by atoms with Crippen LogP contribution < -0.4 is 19.9 Å². The fourth-order valence-corrected chi connectivity index (χ4v) is 10.9. The predicted octanol–water partition coefficient (Wildman–Crippen LogP) is 5.73. The minimum Gasteiger partial charge on any atom is -0.508 e. The number of fused-ring (bicyclic) bond motifs is 3. The van der Waals surface area contributed by atoms with Crippen LogP contribution in [0.1, 0.15) is 78.7 Å². The molecule has 10 rings (SSSR count). The maximum Gasteiger partial charge on any atom is 0.319 e. The first-order valence-corrected chi connectivity index (χ1v) is 25.9. The summed E-state index contributed by atoms with van der Waals surface area (Å²) < 4.78 is 38.1. The summed E-state index contributed by atoms with van der Waals surface area (Å²) in [4.78, 5) is 85.7. The molecular formula is C55H66F2N10O7. The van der Waals surface area contributed by atoms with Gasteiger partial charge >= 0.3 is 6.01 Å². The molecule has 392 valence electrons. The lowest BCUT2D eigenvalue weighted by molar-refractivity contribution is -0.124. The number of imide groups is 1. The molecule has 0 bridgehead atoms. The summed E-state index contributed by atoms with van der Waals surface area (Å²) in [5.41, 5.74) is 2.33. The van der Waals surface area contributed by atoms with E-state index in [0.717, 1.165) is 101 Å². The monoisotopic (exact) mass is 1020 g/mol. The molecule has 1 saturated carbocycles. The largest absolute Gasteiger partial charge is 0.508 e. The van der Waals surface area contributed by atoms with Crippen molar-refractivity contribution in [1.29, 1.82) is 0 Å². The number of amides is 3. The number of carbonyl (C=O) groups excluding carboxylic acids is 5. The van der Waals surface area contributed by atoms with Crippen molar-refractivity contribution in [2.75, 3.05) is 109 Å². The number of aryl methyl sites for hydroxylation is 1. The highest BCUT2D eigenvalue weighted by atomic mass is 19.1. The number of hydrogen-bond acceptors (Lipinski definition) is 15. The molecular weight excluding hydrogens is 951 g/mol. The summed E-state index contributed by atoms with van der Waals surface area (Å²) in [5, 5.41) is 14.7. The molecule has 2 atom stereocenters. The number of aromatic nitrogens is 3. The van der Waals surface area contributed by atoms with Crippen molar-refractivity contribution in [3.05, 3.63) is 77.0 Å². The first-order chi connectivity index (χ1) is 35.7. The zero-order chi connectivity index (χ0) is 52.3. The van der Waals surface area contributed by atoms with Gasteiger partial charge in [0, 0.05) is 108 Å². The van der Waals surface area contributed by atoms with Crippen molar-refractivity contribution in [1.82, 2.24) is 39.9 Å². The number of pyridine rings is 1. The van der Waals surface area contributed by atoms with E-state index in [1.807, 2.05) is 11.8 Å². The highest BCUT2D eigenvalue weighted by Gasteiger charge is 2.46. The third-order valence-corrected chi connectivity index (χ3v) is 15.4. The van der Waals surface area contributed by atoms with Crippen LogP contribution in [-0.4, -0.2) is 175 Å². The number of aldehydes is 2. The molecule has 2 aromatic heterocycles. The summed E-state index contributed by atoms with van der Waals surface area (Å²) in [6, 6.07) is 10.2. The zero-order valence-electron chi connectivity index (χ0n) is 42.7. The van der Waals surface area contributed by atoms with Gasteiger partial charge < -0.3 is 44.3 Å². The van der Waals surface area contributed by atoms with E-state index in [1.165, 1.54) is 19.2 Å². The van der Waals surface area contributed by atoms with Crippen molar-refractivity contribution < 1.29 is 42.6 Å². The fraction of sp³-hybridized carbons (Fsp3) is 0.491. The van der Waals surface area contributed by atoms with Crippen LogP contribution in [0.2, 0.25) is 0 Å². The molecule has 3 saturated heterocycles. The fourth-order valence-electron chi connectivity index (χ4n) is 10.9. The van der Waals surface area contributed by atoms with Gasteiger partial charge in [0.15, 0.2) is 5.82 Å². The molecule has 4 fully saturated rings. The van der Waals surface area contributed by atoms with E-state index in [0.29, 0.717) is 78.0 Å². The van der Waals surface area contributed by atoms with Crippen LogP contribution in [0, 0.1) is 23.0 Å². The highest BCUT2D eigenvalue weighted by molar-refractivity contribution is 6.23. The Morgan fingerprint density at radius 2 is 1.65 bits per heavy atom. The number of piperazine rings is 2. The number of rotatable bonds is 16. The predicted molar refractivity (Wildman–Crippen MR) is 278 cm³/mol. The minimum atomic E-state index is -1.02. The topological polar surface area (TPSA) is 185 Å². The maximum atomic E-state index is 16.8. The van der Waals surface area contributed by atoms with Crippen molar-refractivity contribution in [3.63, 3.8) is 0 Å². The van der Waals surface area contributed by atoms with Crippen LogP contribution in [0.15, 0.2) is 48.7 Å². The molecule has 1 unspecified atom stereocenters. The number of piperidine rings is 1. The first-order valence-electron chi connectivity index (χ1n) is 25.9. The summed E-state index contributed by atoms with van der Waals surface area (Å²) in [5.74, 6) is -1.47. The number of benzene rings is 3. The minimum absolute atomic E-state index is 0.0139. The van der Waals surface area contributed by atoms with E-state index in [1.54, 1.807) is 36.5 Å². The Bertz CT molecular complexity index is 2940. The Hall–Kier alpha value is -6.70. The third kappa shape index (κ3) is 10.9. The Kier molecular flexibility index (Phi) is 15.8. The van der Waals surface area contributed by atoms with Crippen LogP contribution >= 0.6 is 0 Å². The van der Waals surface area contributed by atoms with Gasteiger partial charge in [-0.05, 0) is 104 Å². The normalized spacial score (nSPS) is 19.5. The second-order valence-electron chi connectivity index (χ2n) is 20.6. The lowest BCUT2D eigenvalue weighted by atomic mass is 9.94. The van der Waals surface area contributed by atoms with Gasteiger partial charge in [0.1, 0.15) is 47.2 Å². The molecule has 74 heavy (non-hydrogen) atoms. The average Bonchev–Trinajstić information content (AvgIpc) is 4.13. The quantitative estimate of drug-likeness (QED) is 0.0902. The summed E-state index contributed by atoms with van der Waals surface area (Å²) in [6.45, 7) is 14.7. The van der Waals surface area contributed by atoms with E-state index < -0.39 is 29.6 Å². The highest BCUT2D eigenvalue weighted by Crippen LogP contribution is 2.47. The van der Waals surface area contributed by atoms with Crippen molar-refractivity contribution in [3.8, 4) is 23.0 Å². The molecule has 0 radical (unpaired) electrons. The molecule has 5 aliphatic rings. The Labute approximate surface area is 429 Å². The van der Waals surface area contributed by atoms with Crippen LogP contribution in [0.4, 0.5) is 20.3 Å². The molecule has 5 aromatic rings. The number of aromatic hydroxyl groups is 1. The van der Waals surface area contributed by atoms with Crippen LogP contribution in [-0.2, 0) is 20.8 Å². The van der Waals surface area contributed by atoms with E-state index in [9.17, 15) is 33.5 Å². The SMILES string of the molecule is CCc1c(F)ccc2cc(O)cc(-c3ncc4c(N5CCC[C@H](C)C5)nc(OCC5(CN6CCN(C)CC6)CC5)nc4c3F)c12.CNC(=O)C(CCC=O)N1C(=O)c2ccc(N3CCN(CC=O)CC3)cc2C1=O. The Morgan fingerprint density at radius 1 is 0.905 bits per heavy atom. The number of carbonyl (C=O) groups is 5. The zero-order valence-corrected chi connectivity index (χ0v) is 42.7. The summed E-state index contributed by atoms with van der Waals surface area (Å²) in [7, 11) is 3.59. The van der Waals surface area contributed by atoms with Gasteiger partial charge in [0.2, 0.25) is 5.91 Å². The molecule has 19 heteroatoms. The van der Waals surface area contributed by atoms with E-state index in [4.69, 9.17) is 9.72 Å². The van der Waals surface area contributed by atoms with Gasteiger partial charge in [0.05, 0.1) is 29.7 Å². The average molecular weight is 1020 g/mol. The summed E-state index contributed by atoms with van der Waals surface area (Å²) >= 11 is 0. The van der Waals surface area contributed by atoms with Crippen LogP contribution in [0.5, 0.6) is 11.8 Å². The van der Waals surface area contributed by atoms with Crippen molar-refractivity contribution >= 4 is 63.5 Å². The number of hydrogen-bond donors (Lipinski definition) is 2. The second-order valence-corrected chi connectivity index (χ2v) is 20.6. The van der Waals surface area contributed by atoms with Gasteiger partial charge in [-0.1, -0.05) is 19.9 Å². The Morgan fingerprint density at radius 3 is 2.34 bits per heavy atom. The number of nitrogens with zero attached hydrogens (tertiary/aromatic N) is 9. The molecule has 4 aliphatic heterocycles. The lowest BCUT2D eigenvalue weighted by Gasteiger charge is -2.35. The molecule has 2 N–H and O–H groups in total. The smallest absolute Gasteiger partial charge is 0.319 e. The molecule has 17 nitrogen and oxygen atoms in total. The number of anilines is 2. The second kappa shape index (κ2) is 22.4.